The van der Waals surface area contributed by atoms with Crippen molar-refractivity contribution in [2.75, 3.05) is 5.32 Å². The first kappa shape index (κ1) is 21.8. The molecule has 0 aliphatic rings. The number of halogens is 3. The van der Waals surface area contributed by atoms with Gasteiger partial charge in [-0.2, -0.15) is 18.3 Å². The van der Waals surface area contributed by atoms with Crippen LogP contribution in [0.4, 0.5) is 24.5 Å². The van der Waals surface area contributed by atoms with Crippen LogP contribution in [0, 0.1) is 24.0 Å². The normalized spacial score (nSPS) is 11.3. The van der Waals surface area contributed by atoms with Crippen molar-refractivity contribution in [2.24, 2.45) is 7.05 Å². The van der Waals surface area contributed by atoms with Crippen LogP contribution in [0.25, 0.3) is 0 Å². The van der Waals surface area contributed by atoms with Crippen molar-refractivity contribution in [1.82, 2.24) is 9.78 Å². The van der Waals surface area contributed by atoms with Crippen LogP contribution in [0.15, 0.2) is 42.5 Å². The number of aryl methyl sites for hydroxylation is 3. The lowest BCUT2D eigenvalue weighted by molar-refractivity contribution is -0.384. The van der Waals surface area contributed by atoms with E-state index in [2.05, 4.69) is 10.4 Å². The van der Waals surface area contributed by atoms with Gasteiger partial charge in [-0.15, -0.1) is 0 Å². The minimum absolute atomic E-state index is 0.0201. The molecular weight excluding hydrogens is 417 g/mol. The van der Waals surface area contributed by atoms with Crippen molar-refractivity contribution in [2.45, 2.75) is 20.0 Å². The van der Waals surface area contributed by atoms with Crippen molar-refractivity contribution in [3.63, 3.8) is 0 Å². The number of nitro groups is 1. The zero-order chi connectivity index (χ0) is 22.9. The number of carbonyl (C=O) groups is 1. The Balaban J connectivity index is 1.91. The maximum atomic E-state index is 12.8. The molecule has 0 unspecified atom stereocenters. The van der Waals surface area contributed by atoms with Crippen molar-refractivity contribution >= 4 is 17.3 Å². The number of nitrogens with one attached hydrogen (secondary N) is 1. The van der Waals surface area contributed by atoms with Crippen LogP contribution in [0.3, 0.4) is 0 Å². The highest BCUT2D eigenvalue weighted by Crippen LogP contribution is 2.32. The Morgan fingerprint density at radius 2 is 1.68 bits per heavy atom. The molecule has 1 N–H and O–H groups in total. The number of ether oxygens (including phenoxy) is 1. The van der Waals surface area contributed by atoms with Crippen LogP contribution in [-0.4, -0.2) is 20.6 Å². The van der Waals surface area contributed by atoms with Crippen molar-refractivity contribution < 1.29 is 27.6 Å². The molecule has 1 amide bonds. The van der Waals surface area contributed by atoms with E-state index in [0.717, 1.165) is 21.9 Å². The Morgan fingerprint density at radius 3 is 2.23 bits per heavy atom. The molecule has 2 aromatic carbocycles. The van der Waals surface area contributed by atoms with Gasteiger partial charge in [0.05, 0.1) is 16.7 Å². The second-order valence-corrected chi connectivity index (χ2v) is 6.89. The van der Waals surface area contributed by atoms with Crippen LogP contribution < -0.4 is 10.1 Å². The predicted molar refractivity (Wildman–Crippen MR) is 105 cm³/mol. The van der Waals surface area contributed by atoms with Crippen LogP contribution in [0.5, 0.6) is 11.5 Å². The first-order chi connectivity index (χ1) is 14.4. The van der Waals surface area contributed by atoms with Crippen LogP contribution in [-0.2, 0) is 13.2 Å². The SMILES string of the molecule is Cc1cc(C)cc(Oc2cc(NC(=O)c3cc(C(F)(F)F)nn3C)cc([N+](=O)[O-])c2)c1. The Kier molecular flexibility index (Phi) is 5.69. The van der Waals surface area contributed by atoms with Gasteiger partial charge in [0, 0.05) is 25.2 Å². The molecule has 0 bridgehead atoms. The van der Waals surface area contributed by atoms with E-state index in [1.165, 1.54) is 19.2 Å². The minimum Gasteiger partial charge on any atom is -0.457 e. The van der Waals surface area contributed by atoms with Crippen molar-refractivity contribution in [3.8, 4) is 11.5 Å². The fourth-order valence-corrected chi connectivity index (χ4v) is 2.96. The number of benzene rings is 2. The topological polar surface area (TPSA) is 99.3 Å². The summed E-state index contributed by atoms with van der Waals surface area (Å²) >= 11 is 0. The molecule has 0 saturated carbocycles. The van der Waals surface area contributed by atoms with Gasteiger partial charge in [0.2, 0.25) is 0 Å². The summed E-state index contributed by atoms with van der Waals surface area (Å²) in [6.07, 6.45) is -4.71. The fraction of sp³-hybridized carbons (Fsp3) is 0.200. The van der Waals surface area contributed by atoms with E-state index >= 15 is 0 Å². The molecular formula is C20H17F3N4O4. The number of hydrogen-bond donors (Lipinski definition) is 1. The molecule has 1 heterocycles. The number of nitro benzene ring substituents is 1. The molecule has 0 fully saturated rings. The molecule has 11 heteroatoms. The molecule has 0 aliphatic carbocycles. The maximum absolute atomic E-state index is 12.8. The van der Waals surface area contributed by atoms with Crippen molar-refractivity contribution in [3.05, 3.63) is 75.1 Å². The first-order valence-corrected chi connectivity index (χ1v) is 8.90. The highest BCUT2D eigenvalue weighted by atomic mass is 19.4. The molecule has 0 aliphatic heterocycles. The number of non-ortho nitro benzene ring substituents is 1. The number of amides is 1. The Labute approximate surface area is 174 Å². The first-order valence-electron chi connectivity index (χ1n) is 8.90. The maximum Gasteiger partial charge on any atom is 0.435 e. The average molecular weight is 434 g/mol. The lowest BCUT2D eigenvalue weighted by Gasteiger charge is -2.11. The second kappa shape index (κ2) is 8.09. The lowest BCUT2D eigenvalue weighted by Crippen LogP contribution is -2.16. The van der Waals surface area contributed by atoms with Gasteiger partial charge in [-0.1, -0.05) is 6.07 Å². The number of rotatable bonds is 5. The number of hydrogen-bond acceptors (Lipinski definition) is 5. The van der Waals surface area contributed by atoms with Gasteiger partial charge in [-0.25, -0.2) is 0 Å². The van der Waals surface area contributed by atoms with Gasteiger partial charge in [0.1, 0.15) is 17.2 Å². The summed E-state index contributed by atoms with van der Waals surface area (Å²) in [4.78, 5) is 23.1. The van der Waals surface area contributed by atoms with Gasteiger partial charge >= 0.3 is 6.18 Å². The third-order valence-corrected chi connectivity index (χ3v) is 4.19. The number of alkyl halides is 3. The van der Waals surface area contributed by atoms with E-state index < -0.39 is 22.7 Å². The molecule has 31 heavy (non-hydrogen) atoms. The van der Waals surface area contributed by atoms with E-state index in [1.807, 2.05) is 19.9 Å². The Hall–Kier alpha value is -3.89. The van der Waals surface area contributed by atoms with Crippen molar-refractivity contribution in [1.29, 1.82) is 0 Å². The molecule has 0 radical (unpaired) electrons. The number of anilines is 1. The third kappa shape index (κ3) is 5.18. The molecule has 1 aromatic heterocycles. The highest BCUT2D eigenvalue weighted by molar-refractivity contribution is 6.03. The summed E-state index contributed by atoms with van der Waals surface area (Å²) in [6.45, 7) is 3.73. The molecule has 8 nitrogen and oxygen atoms in total. The van der Waals surface area contributed by atoms with E-state index in [1.54, 1.807) is 12.1 Å². The van der Waals surface area contributed by atoms with E-state index in [0.29, 0.717) is 11.8 Å². The zero-order valence-electron chi connectivity index (χ0n) is 16.6. The molecule has 3 aromatic rings. The number of nitrogens with zero attached hydrogens (tertiary/aromatic N) is 3. The summed E-state index contributed by atoms with van der Waals surface area (Å²) in [5.74, 6) is -0.393. The number of carbonyl (C=O) groups excluding carboxylic acids is 1. The fourth-order valence-electron chi connectivity index (χ4n) is 2.96. The second-order valence-electron chi connectivity index (χ2n) is 6.89. The van der Waals surface area contributed by atoms with Crippen LogP contribution in [0.2, 0.25) is 0 Å². The molecule has 0 spiro atoms. The minimum atomic E-state index is -4.71. The van der Waals surface area contributed by atoms with E-state index in [9.17, 15) is 28.1 Å². The average Bonchev–Trinajstić information content (AvgIpc) is 3.03. The highest BCUT2D eigenvalue weighted by Gasteiger charge is 2.35. The smallest absolute Gasteiger partial charge is 0.435 e. The zero-order valence-corrected chi connectivity index (χ0v) is 16.6. The van der Waals surface area contributed by atoms with Gasteiger partial charge in [0.25, 0.3) is 11.6 Å². The quantitative estimate of drug-likeness (QED) is 0.450. The standard InChI is InChI=1S/C20H17F3N4O4/c1-11-4-12(2)6-15(5-11)31-16-8-13(7-14(9-16)27(29)30)24-19(28)17-10-18(20(21,22)23)25-26(17)3/h4-10H,1-3H3,(H,24,28). The lowest BCUT2D eigenvalue weighted by atomic mass is 10.1. The largest absolute Gasteiger partial charge is 0.457 e. The van der Waals surface area contributed by atoms with Gasteiger partial charge in [-0.3, -0.25) is 19.6 Å². The summed E-state index contributed by atoms with van der Waals surface area (Å²) in [6, 6.07) is 9.58. The monoisotopic (exact) mass is 434 g/mol. The third-order valence-electron chi connectivity index (χ3n) is 4.19. The van der Waals surface area contributed by atoms with Gasteiger partial charge < -0.3 is 10.1 Å². The van der Waals surface area contributed by atoms with Gasteiger partial charge in [0.15, 0.2) is 5.69 Å². The molecule has 3 rings (SSSR count). The van der Waals surface area contributed by atoms with Crippen LogP contribution >= 0.6 is 0 Å². The summed E-state index contributed by atoms with van der Waals surface area (Å²) in [7, 11) is 1.19. The van der Waals surface area contributed by atoms with Gasteiger partial charge in [-0.05, 0) is 37.1 Å². The number of aromatic nitrogens is 2. The summed E-state index contributed by atoms with van der Waals surface area (Å²) in [5.41, 5.74) is -0.128. The summed E-state index contributed by atoms with van der Waals surface area (Å²) < 4.78 is 45.0. The van der Waals surface area contributed by atoms with Crippen LogP contribution in [0.1, 0.15) is 27.3 Å². The molecule has 0 atom stereocenters. The van der Waals surface area contributed by atoms with E-state index in [-0.39, 0.29) is 22.8 Å². The van der Waals surface area contributed by atoms with E-state index in [4.69, 9.17) is 4.74 Å². The Morgan fingerprint density at radius 1 is 1.06 bits per heavy atom. The molecule has 162 valence electrons. The summed E-state index contributed by atoms with van der Waals surface area (Å²) in [5, 5.41) is 16.9. The Bertz CT molecular complexity index is 1150. The molecule has 0 saturated heterocycles. The predicted octanol–water partition coefficient (Wildman–Crippen LogP) is 5.01.